The molecule has 25 heavy (non-hydrogen) atoms. The van der Waals surface area contributed by atoms with Gasteiger partial charge in [-0.25, -0.2) is 4.98 Å². The molecular formula is C17H22N6O2. The number of likely N-dealkylation sites (N-methyl/N-ethyl adjacent to an activating group) is 1. The second kappa shape index (κ2) is 7.33. The summed E-state index contributed by atoms with van der Waals surface area (Å²) >= 11 is 0. The first-order valence-corrected chi connectivity index (χ1v) is 8.34. The third-order valence-corrected chi connectivity index (χ3v) is 4.26. The summed E-state index contributed by atoms with van der Waals surface area (Å²) in [5.74, 6) is 0.677. The van der Waals surface area contributed by atoms with Crippen molar-refractivity contribution in [1.82, 2.24) is 9.97 Å². The predicted octanol–water partition coefficient (Wildman–Crippen LogP) is 2.90. The van der Waals surface area contributed by atoms with E-state index < -0.39 is 4.92 Å². The molecule has 1 aliphatic carbocycles. The fourth-order valence-corrected chi connectivity index (χ4v) is 2.42. The number of aromatic nitrogens is 2. The van der Waals surface area contributed by atoms with Gasteiger partial charge in [0.1, 0.15) is 6.20 Å². The average Bonchev–Trinajstić information content (AvgIpc) is 3.43. The first kappa shape index (κ1) is 16.9. The minimum absolute atomic E-state index is 0.0908. The molecule has 1 fully saturated rings. The predicted molar refractivity (Wildman–Crippen MR) is 98.1 cm³/mol. The summed E-state index contributed by atoms with van der Waals surface area (Å²) in [6.07, 6.45) is 3.29. The van der Waals surface area contributed by atoms with Gasteiger partial charge in [-0.3, -0.25) is 10.1 Å². The molecule has 2 aromatic rings. The Labute approximate surface area is 146 Å². The van der Waals surface area contributed by atoms with Gasteiger partial charge in [-0.15, -0.1) is 0 Å². The van der Waals surface area contributed by atoms with Crippen molar-refractivity contribution in [2.24, 2.45) is 0 Å². The number of para-hydroxylation sites is 1. The first-order valence-electron chi connectivity index (χ1n) is 8.34. The molecule has 132 valence electrons. The zero-order valence-corrected chi connectivity index (χ0v) is 14.3. The van der Waals surface area contributed by atoms with Crippen molar-refractivity contribution in [3.05, 3.63) is 46.6 Å². The van der Waals surface area contributed by atoms with Crippen LogP contribution in [-0.2, 0) is 0 Å². The topological polar surface area (TPSA) is 96.2 Å². The molecule has 0 bridgehead atoms. The molecule has 2 N–H and O–H groups in total. The van der Waals surface area contributed by atoms with Gasteiger partial charge in [0.25, 0.3) is 0 Å². The lowest BCUT2D eigenvalue weighted by Gasteiger charge is -2.27. The fourth-order valence-electron chi connectivity index (χ4n) is 2.42. The van der Waals surface area contributed by atoms with E-state index >= 15 is 0 Å². The van der Waals surface area contributed by atoms with Gasteiger partial charge in [0.05, 0.1) is 4.92 Å². The fraction of sp³-hybridized carbons (Fsp3) is 0.412. The number of nitro groups is 1. The highest BCUT2D eigenvalue weighted by Gasteiger charge is 2.26. The van der Waals surface area contributed by atoms with Crippen molar-refractivity contribution in [3.8, 4) is 0 Å². The van der Waals surface area contributed by atoms with Gasteiger partial charge >= 0.3 is 5.69 Å². The smallest absolute Gasteiger partial charge is 0.329 e. The van der Waals surface area contributed by atoms with Crippen LogP contribution in [0.15, 0.2) is 36.5 Å². The molecule has 8 nitrogen and oxygen atoms in total. The van der Waals surface area contributed by atoms with Gasteiger partial charge in [0.2, 0.25) is 11.8 Å². The maximum absolute atomic E-state index is 11.1. The minimum Gasteiger partial charge on any atom is -0.370 e. The molecule has 1 atom stereocenters. The van der Waals surface area contributed by atoms with Gasteiger partial charge in [-0.2, -0.15) is 4.98 Å². The second-order valence-corrected chi connectivity index (χ2v) is 6.28. The standard InChI is InChI=1S/C17H22N6O2/c1-12(22(2)14-6-4-3-5-7-14)10-18-17-19-11-15(23(24)25)16(21-17)20-13-8-9-13/h3-7,11-13H,8-10H2,1-2H3,(H2,18,19,20,21). The number of hydrogen-bond acceptors (Lipinski definition) is 7. The number of anilines is 3. The van der Waals surface area contributed by atoms with E-state index in [4.69, 9.17) is 0 Å². The van der Waals surface area contributed by atoms with Crippen LogP contribution in [0.2, 0.25) is 0 Å². The number of nitrogens with zero attached hydrogens (tertiary/aromatic N) is 4. The molecule has 1 aromatic heterocycles. The maximum Gasteiger partial charge on any atom is 0.329 e. The van der Waals surface area contributed by atoms with E-state index in [1.54, 1.807) is 0 Å². The van der Waals surface area contributed by atoms with Gasteiger partial charge < -0.3 is 15.5 Å². The van der Waals surface area contributed by atoms with Gasteiger partial charge in [-0.05, 0) is 31.9 Å². The number of nitrogens with one attached hydrogen (secondary N) is 2. The van der Waals surface area contributed by atoms with Crippen LogP contribution in [0.4, 0.5) is 23.1 Å². The van der Waals surface area contributed by atoms with Gasteiger partial charge in [-0.1, -0.05) is 18.2 Å². The monoisotopic (exact) mass is 342 g/mol. The molecule has 0 aliphatic heterocycles. The van der Waals surface area contributed by atoms with Crippen LogP contribution in [0.5, 0.6) is 0 Å². The first-order chi connectivity index (χ1) is 12.0. The van der Waals surface area contributed by atoms with E-state index in [2.05, 4.69) is 44.6 Å². The van der Waals surface area contributed by atoms with Gasteiger partial charge in [0, 0.05) is 31.4 Å². The third kappa shape index (κ3) is 4.34. The summed E-state index contributed by atoms with van der Waals surface area (Å²) in [7, 11) is 2.03. The van der Waals surface area contributed by atoms with E-state index in [9.17, 15) is 10.1 Å². The SMILES string of the molecule is CC(CNc1ncc([N+](=O)[O-])c(NC2CC2)n1)N(C)c1ccccc1. The van der Waals surface area contributed by atoms with Crippen molar-refractivity contribution in [2.45, 2.75) is 31.8 Å². The van der Waals surface area contributed by atoms with Gasteiger partial charge in [0.15, 0.2) is 0 Å². The molecule has 0 radical (unpaired) electrons. The Hall–Kier alpha value is -2.90. The van der Waals surface area contributed by atoms with E-state index in [-0.39, 0.29) is 23.6 Å². The van der Waals surface area contributed by atoms with Crippen LogP contribution in [-0.4, -0.2) is 40.6 Å². The van der Waals surface area contributed by atoms with E-state index in [0.717, 1.165) is 18.5 Å². The molecule has 8 heteroatoms. The zero-order chi connectivity index (χ0) is 17.8. The van der Waals surface area contributed by atoms with E-state index in [1.807, 2.05) is 25.2 Å². The van der Waals surface area contributed by atoms with Crippen molar-refractivity contribution in [2.75, 3.05) is 29.1 Å². The van der Waals surface area contributed by atoms with Crippen LogP contribution in [0, 0.1) is 10.1 Å². The summed E-state index contributed by atoms with van der Waals surface area (Å²) in [5, 5.41) is 17.4. The Morgan fingerprint density at radius 1 is 1.36 bits per heavy atom. The molecular weight excluding hydrogens is 320 g/mol. The molecule has 1 unspecified atom stereocenters. The molecule has 0 spiro atoms. The largest absolute Gasteiger partial charge is 0.370 e. The quantitative estimate of drug-likeness (QED) is 0.562. The van der Waals surface area contributed by atoms with Crippen molar-refractivity contribution in [3.63, 3.8) is 0 Å². The normalized spacial score (nSPS) is 14.6. The third-order valence-electron chi connectivity index (χ3n) is 4.26. The zero-order valence-electron chi connectivity index (χ0n) is 14.3. The van der Waals surface area contributed by atoms with Crippen molar-refractivity contribution < 1.29 is 4.92 Å². The molecule has 0 amide bonds. The number of benzene rings is 1. The average molecular weight is 342 g/mol. The highest BCUT2D eigenvalue weighted by molar-refractivity contribution is 5.58. The summed E-state index contributed by atoms with van der Waals surface area (Å²) in [6, 6.07) is 10.6. The second-order valence-electron chi connectivity index (χ2n) is 6.28. The summed E-state index contributed by atoms with van der Waals surface area (Å²) in [5.41, 5.74) is 1.03. The van der Waals surface area contributed by atoms with Crippen molar-refractivity contribution in [1.29, 1.82) is 0 Å². The Balaban J connectivity index is 1.65. The summed E-state index contributed by atoms with van der Waals surface area (Å²) in [6.45, 7) is 2.71. The lowest BCUT2D eigenvalue weighted by molar-refractivity contribution is -0.384. The molecule has 1 aliphatic rings. The number of rotatable bonds is 8. The molecule has 0 saturated heterocycles. The highest BCUT2D eigenvalue weighted by atomic mass is 16.6. The minimum atomic E-state index is -0.458. The van der Waals surface area contributed by atoms with Crippen LogP contribution < -0.4 is 15.5 Å². The maximum atomic E-state index is 11.1. The lowest BCUT2D eigenvalue weighted by Crippen LogP contribution is -2.35. The molecule has 1 saturated carbocycles. The van der Waals surface area contributed by atoms with Crippen LogP contribution >= 0.6 is 0 Å². The van der Waals surface area contributed by atoms with E-state index in [1.165, 1.54) is 6.20 Å². The number of hydrogen-bond donors (Lipinski definition) is 2. The van der Waals surface area contributed by atoms with Crippen LogP contribution in [0.1, 0.15) is 19.8 Å². The molecule has 1 heterocycles. The Morgan fingerprint density at radius 3 is 2.72 bits per heavy atom. The summed E-state index contributed by atoms with van der Waals surface area (Å²) in [4.78, 5) is 21.2. The summed E-state index contributed by atoms with van der Waals surface area (Å²) < 4.78 is 0. The van der Waals surface area contributed by atoms with Crippen LogP contribution in [0.3, 0.4) is 0 Å². The lowest BCUT2D eigenvalue weighted by atomic mass is 10.2. The Kier molecular flexibility index (Phi) is 4.97. The highest BCUT2D eigenvalue weighted by Crippen LogP contribution is 2.29. The van der Waals surface area contributed by atoms with Crippen molar-refractivity contribution >= 4 is 23.1 Å². The van der Waals surface area contributed by atoms with E-state index in [0.29, 0.717) is 12.5 Å². The van der Waals surface area contributed by atoms with Crippen LogP contribution in [0.25, 0.3) is 0 Å². The molecule has 3 rings (SSSR count). The molecule has 1 aromatic carbocycles. The Morgan fingerprint density at radius 2 is 2.08 bits per heavy atom. The Bertz CT molecular complexity index is 735.